The summed E-state index contributed by atoms with van der Waals surface area (Å²) >= 11 is 27.0. The van der Waals surface area contributed by atoms with Gasteiger partial charge in [0, 0.05) is 22.7 Å². The Kier molecular flexibility index (Phi) is 7.40. The number of hydroxylamine groups is 1. The first-order chi connectivity index (χ1) is 14.5. The Balaban J connectivity index is 1.99. The maximum absolute atomic E-state index is 14.1. The summed E-state index contributed by atoms with van der Waals surface area (Å²) in [5.41, 5.74) is 0.0981. The molecule has 1 heterocycles. The molecule has 2 aromatic carbocycles. The molecule has 0 fully saturated rings. The fourth-order valence-electron chi connectivity index (χ4n) is 2.85. The quantitative estimate of drug-likeness (QED) is 0.309. The van der Waals surface area contributed by atoms with Gasteiger partial charge < -0.3 is 5.32 Å². The van der Waals surface area contributed by atoms with Crippen molar-refractivity contribution in [2.45, 2.75) is 18.3 Å². The zero-order valence-electron chi connectivity index (χ0n) is 15.2. The van der Waals surface area contributed by atoms with Crippen LogP contribution in [0.1, 0.15) is 16.7 Å². The number of benzene rings is 2. The molecule has 2 aromatic rings. The topological polar surface area (TPSA) is 50.4 Å². The number of hydrogen-bond acceptors (Lipinski definition) is 3. The molecule has 2 N–H and O–H groups in total. The first kappa shape index (κ1) is 24.5. The SMILES string of the molecule is O=C(CBr)NCc1ccc(C2=CC(c3cc(Cl)c(Cl)c(Cl)c3)(C(F)(F)F)ON2)cc1Cl. The molecule has 0 saturated carbocycles. The van der Waals surface area contributed by atoms with Gasteiger partial charge in [-0.15, -0.1) is 0 Å². The average Bonchev–Trinajstić information content (AvgIpc) is 3.17. The largest absolute Gasteiger partial charge is 0.428 e. The third kappa shape index (κ3) is 4.94. The van der Waals surface area contributed by atoms with Crippen LogP contribution in [0.3, 0.4) is 0 Å². The molecule has 31 heavy (non-hydrogen) atoms. The van der Waals surface area contributed by atoms with E-state index in [-0.39, 0.29) is 49.1 Å². The minimum absolute atomic E-state index is 0.0393. The number of halogens is 8. The van der Waals surface area contributed by atoms with Crippen LogP contribution < -0.4 is 10.8 Å². The van der Waals surface area contributed by atoms with Crippen LogP contribution in [0.25, 0.3) is 5.70 Å². The Morgan fingerprint density at radius 2 is 1.74 bits per heavy atom. The molecule has 1 atom stereocenters. The summed E-state index contributed by atoms with van der Waals surface area (Å²) in [7, 11) is 0. The first-order valence-corrected chi connectivity index (χ1v) is 11.1. The number of amides is 1. The zero-order chi connectivity index (χ0) is 23.0. The second-order valence-corrected chi connectivity index (χ2v) is 8.63. The number of hydrogen-bond donors (Lipinski definition) is 2. The second-order valence-electron chi connectivity index (χ2n) is 6.47. The fraction of sp³-hybridized carbons (Fsp3) is 0.211. The van der Waals surface area contributed by atoms with E-state index in [1.54, 1.807) is 12.1 Å². The normalized spacial score (nSPS) is 18.5. The van der Waals surface area contributed by atoms with Crippen molar-refractivity contribution >= 4 is 73.9 Å². The molecule has 166 valence electrons. The smallest absolute Gasteiger partial charge is 0.351 e. The summed E-state index contributed by atoms with van der Waals surface area (Å²) in [6, 6.07) is 6.71. The molecule has 1 amide bonds. The minimum Gasteiger partial charge on any atom is -0.351 e. The van der Waals surface area contributed by atoms with Crippen molar-refractivity contribution in [3.63, 3.8) is 0 Å². The van der Waals surface area contributed by atoms with Gasteiger partial charge in [0.1, 0.15) is 0 Å². The van der Waals surface area contributed by atoms with Crippen molar-refractivity contribution < 1.29 is 22.8 Å². The lowest BCUT2D eigenvalue weighted by atomic mass is 9.91. The van der Waals surface area contributed by atoms with Crippen LogP contribution in [0, 0.1) is 0 Å². The van der Waals surface area contributed by atoms with Crippen LogP contribution in [0.2, 0.25) is 20.1 Å². The molecule has 1 unspecified atom stereocenters. The molecular formula is C19H12BrCl4F3N2O2. The number of carbonyl (C=O) groups is 1. The predicted molar refractivity (Wildman–Crippen MR) is 118 cm³/mol. The van der Waals surface area contributed by atoms with Crippen molar-refractivity contribution in [1.82, 2.24) is 10.8 Å². The van der Waals surface area contributed by atoms with E-state index in [0.29, 0.717) is 11.1 Å². The maximum atomic E-state index is 14.1. The van der Waals surface area contributed by atoms with Crippen molar-refractivity contribution in [3.8, 4) is 0 Å². The lowest BCUT2D eigenvalue weighted by molar-refractivity contribution is -0.269. The van der Waals surface area contributed by atoms with E-state index in [1.807, 2.05) is 0 Å². The highest BCUT2D eigenvalue weighted by Gasteiger charge is 2.59. The van der Waals surface area contributed by atoms with E-state index < -0.39 is 11.8 Å². The Morgan fingerprint density at radius 1 is 1.10 bits per heavy atom. The second kappa shape index (κ2) is 9.37. The summed E-state index contributed by atoms with van der Waals surface area (Å²) in [5, 5.41) is 2.69. The van der Waals surface area contributed by atoms with E-state index in [0.717, 1.165) is 18.2 Å². The van der Waals surface area contributed by atoms with Gasteiger partial charge in [0.2, 0.25) is 11.5 Å². The maximum Gasteiger partial charge on any atom is 0.428 e. The van der Waals surface area contributed by atoms with Crippen molar-refractivity contribution in [3.05, 3.63) is 73.2 Å². The molecule has 3 rings (SSSR count). The molecule has 0 aliphatic carbocycles. The Hall–Kier alpha value is -1.16. The van der Waals surface area contributed by atoms with Crippen LogP contribution >= 0.6 is 62.3 Å². The molecular weight excluding hydrogens is 567 g/mol. The Labute approximate surface area is 203 Å². The summed E-state index contributed by atoms with van der Waals surface area (Å²) < 4.78 is 42.3. The number of carbonyl (C=O) groups excluding carboxylic acids is 1. The summed E-state index contributed by atoms with van der Waals surface area (Å²) in [5.74, 6) is -0.232. The van der Waals surface area contributed by atoms with Gasteiger partial charge in [-0.2, -0.15) is 13.2 Å². The van der Waals surface area contributed by atoms with Crippen LogP contribution in [0.5, 0.6) is 0 Å². The summed E-state index contributed by atoms with van der Waals surface area (Å²) in [4.78, 5) is 16.4. The van der Waals surface area contributed by atoms with Crippen LogP contribution in [-0.4, -0.2) is 17.4 Å². The molecule has 12 heteroatoms. The number of nitrogens with one attached hydrogen (secondary N) is 2. The Morgan fingerprint density at radius 3 is 2.29 bits per heavy atom. The minimum atomic E-state index is -4.86. The Bertz CT molecular complexity index is 1040. The van der Waals surface area contributed by atoms with Crippen molar-refractivity contribution in [2.75, 3.05) is 5.33 Å². The van der Waals surface area contributed by atoms with Crippen LogP contribution in [-0.2, 0) is 21.8 Å². The highest BCUT2D eigenvalue weighted by atomic mass is 79.9. The molecule has 0 aromatic heterocycles. The summed E-state index contributed by atoms with van der Waals surface area (Å²) in [6.45, 7) is 0.167. The predicted octanol–water partition coefficient (Wildman–Crippen LogP) is 6.64. The average molecular weight is 579 g/mol. The van der Waals surface area contributed by atoms with Gasteiger partial charge in [0.25, 0.3) is 0 Å². The molecule has 0 spiro atoms. The van der Waals surface area contributed by atoms with Crippen molar-refractivity contribution in [2.24, 2.45) is 0 Å². The lowest BCUT2D eigenvalue weighted by Crippen LogP contribution is -2.42. The van der Waals surface area contributed by atoms with E-state index in [9.17, 15) is 18.0 Å². The first-order valence-electron chi connectivity index (χ1n) is 8.48. The standard InChI is InChI=1S/C19H12BrCl4F3N2O2/c20-7-16(30)28-8-10-2-1-9(3-12(10)21)15-6-18(31-29-15,19(25,26)27)11-4-13(22)17(24)14(23)5-11/h1-6,29H,7-8H2,(H,28,30). The van der Waals surface area contributed by atoms with Gasteiger partial charge in [0.05, 0.1) is 26.1 Å². The lowest BCUT2D eigenvalue weighted by Gasteiger charge is -2.29. The van der Waals surface area contributed by atoms with Gasteiger partial charge in [-0.1, -0.05) is 74.5 Å². The van der Waals surface area contributed by atoms with Gasteiger partial charge in [0.15, 0.2) is 0 Å². The van der Waals surface area contributed by atoms with Gasteiger partial charge >= 0.3 is 6.18 Å². The van der Waals surface area contributed by atoms with E-state index in [4.69, 9.17) is 51.2 Å². The molecule has 0 saturated heterocycles. The molecule has 1 aliphatic heterocycles. The summed E-state index contributed by atoms with van der Waals surface area (Å²) in [6.07, 6.45) is -3.98. The third-order valence-electron chi connectivity index (χ3n) is 4.46. The van der Waals surface area contributed by atoms with Gasteiger partial charge in [-0.25, -0.2) is 0 Å². The fourth-order valence-corrected chi connectivity index (χ4v) is 3.90. The molecule has 1 aliphatic rings. The number of alkyl halides is 4. The monoisotopic (exact) mass is 576 g/mol. The van der Waals surface area contributed by atoms with Crippen LogP contribution in [0.4, 0.5) is 13.2 Å². The zero-order valence-corrected chi connectivity index (χ0v) is 19.8. The van der Waals surface area contributed by atoms with Gasteiger partial charge in [-0.05, 0) is 29.8 Å². The molecule has 4 nitrogen and oxygen atoms in total. The van der Waals surface area contributed by atoms with E-state index in [1.165, 1.54) is 6.07 Å². The third-order valence-corrected chi connectivity index (χ3v) is 6.52. The highest BCUT2D eigenvalue weighted by Crippen LogP contribution is 2.49. The van der Waals surface area contributed by atoms with E-state index in [2.05, 4.69) is 26.7 Å². The number of rotatable bonds is 5. The molecule has 0 radical (unpaired) electrons. The van der Waals surface area contributed by atoms with Crippen LogP contribution in [0.15, 0.2) is 36.4 Å². The van der Waals surface area contributed by atoms with E-state index >= 15 is 0 Å². The van der Waals surface area contributed by atoms with Gasteiger partial charge in [-0.3, -0.25) is 15.1 Å². The molecule has 0 bridgehead atoms. The highest BCUT2D eigenvalue weighted by molar-refractivity contribution is 9.09. The van der Waals surface area contributed by atoms with Crippen molar-refractivity contribution in [1.29, 1.82) is 0 Å².